The monoisotopic (exact) mass is 376 g/mol. The van der Waals surface area contributed by atoms with Crippen molar-refractivity contribution in [1.82, 2.24) is 0 Å². The molecule has 0 spiro atoms. The highest BCUT2D eigenvalue weighted by molar-refractivity contribution is 7.87. The van der Waals surface area contributed by atoms with Crippen LogP contribution in [0.1, 0.15) is 13.8 Å². The van der Waals surface area contributed by atoms with Gasteiger partial charge in [0.1, 0.15) is 11.2 Å². The molecular formula is C12H16F3O6PS. The van der Waals surface area contributed by atoms with E-state index < -0.39 is 46.9 Å². The predicted molar refractivity (Wildman–Crippen MR) is 76.0 cm³/mol. The SMILES string of the molecule is CC(C)OP(C)(=O)COS(=O)(=O)c1ccccc1OC(F)(F)F. The van der Waals surface area contributed by atoms with Crippen LogP contribution in [0.5, 0.6) is 5.75 Å². The van der Waals surface area contributed by atoms with Crippen molar-refractivity contribution in [3.8, 4) is 5.75 Å². The predicted octanol–water partition coefficient (Wildman–Crippen LogP) is 3.58. The molecule has 0 aliphatic heterocycles. The molecule has 1 aromatic carbocycles. The van der Waals surface area contributed by atoms with Gasteiger partial charge in [0.15, 0.2) is 5.75 Å². The molecule has 6 nitrogen and oxygen atoms in total. The summed E-state index contributed by atoms with van der Waals surface area (Å²) < 4.78 is 86.2. The molecule has 0 saturated carbocycles. The van der Waals surface area contributed by atoms with Gasteiger partial charge in [0.25, 0.3) is 0 Å². The minimum absolute atomic E-state index is 0.432. The first-order valence-electron chi connectivity index (χ1n) is 6.31. The summed E-state index contributed by atoms with van der Waals surface area (Å²) in [4.78, 5) is -0.818. The van der Waals surface area contributed by atoms with E-state index in [0.717, 1.165) is 12.1 Å². The maximum Gasteiger partial charge on any atom is 0.573 e. The second kappa shape index (κ2) is 7.21. The lowest BCUT2D eigenvalue weighted by Gasteiger charge is -2.17. The Morgan fingerprint density at radius 3 is 2.30 bits per heavy atom. The van der Waals surface area contributed by atoms with Gasteiger partial charge in [-0.25, -0.2) is 0 Å². The number of alkyl halides is 3. The highest BCUT2D eigenvalue weighted by Crippen LogP contribution is 2.44. The Bertz CT molecular complexity index is 686. The second-order valence-electron chi connectivity index (χ2n) is 4.86. The molecule has 1 unspecified atom stereocenters. The largest absolute Gasteiger partial charge is 0.573 e. The maximum absolute atomic E-state index is 12.3. The minimum Gasteiger partial charge on any atom is -0.404 e. The summed E-state index contributed by atoms with van der Waals surface area (Å²) in [5.74, 6) is -0.935. The minimum atomic E-state index is -5.06. The van der Waals surface area contributed by atoms with Crippen molar-refractivity contribution in [2.75, 3.05) is 13.0 Å². The summed E-state index contributed by atoms with van der Waals surface area (Å²) in [5.41, 5.74) is 0. The summed E-state index contributed by atoms with van der Waals surface area (Å²) in [6.45, 7) is 4.36. The number of benzene rings is 1. The lowest BCUT2D eigenvalue weighted by atomic mass is 10.3. The van der Waals surface area contributed by atoms with E-state index in [4.69, 9.17) is 4.52 Å². The van der Waals surface area contributed by atoms with Gasteiger partial charge in [-0.2, -0.15) is 8.42 Å². The number of para-hydroxylation sites is 1. The van der Waals surface area contributed by atoms with Gasteiger partial charge in [-0.3, -0.25) is 8.75 Å². The fraction of sp³-hybridized carbons (Fsp3) is 0.500. The Hall–Kier alpha value is -1.09. The van der Waals surface area contributed by atoms with Gasteiger partial charge in [-0.05, 0) is 26.0 Å². The molecule has 1 rings (SSSR count). The van der Waals surface area contributed by atoms with E-state index in [-0.39, 0.29) is 0 Å². The van der Waals surface area contributed by atoms with E-state index in [1.807, 2.05) is 0 Å². The standard InChI is InChI=1S/C12H16F3O6PS/c1-9(2)21-22(3,16)8-19-23(17,18)11-7-5-4-6-10(11)20-12(13,14)15/h4-7,9H,8H2,1-3H3. The Morgan fingerprint density at radius 1 is 1.22 bits per heavy atom. The Labute approximate surface area is 132 Å². The fourth-order valence-corrected chi connectivity index (χ4v) is 4.57. The third kappa shape index (κ3) is 6.90. The van der Waals surface area contributed by atoms with Crippen molar-refractivity contribution in [2.24, 2.45) is 0 Å². The van der Waals surface area contributed by atoms with Gasteiger partial charge in [0, 0.05) is 6.66 Å². The van der Waals surface area contributed by atoms with Crippen molar-refractivity contribution in [1.29, 1.82) is 0 Å². The van der Waals surface area contributed by atoms with Crippen LogP contribution in [0, 0.1) is 0 Å². The van der Waals surface area contributed by atoms with Crippen LogP contribution in [0.15, 0.2) is 29.2 Å². The van der Waals surface area contributed by atoms with Gasteiger partial charge in [0.05, 0.1) is 6.10 Å². The van der Waals surface area contributed by atoms with Gasteiger partial charge in [0.2, 0.25) is 7.37 Å². The normalized spacial score (nSPS) is 15.4. The van der Waals surface area contributed by atoms with Crippen LogP contribution in [0.4, 0.5) is 13.2 Å². The zero-order valence-corrected chi connectivity index (χ0v) is 14.2. The van der Waals surface area contributed by atoms with Crippen molar-refractivity contribution in [2.45, 2.75) is 31.2 Å². The van der Waals surface area contributed by atoms with Gasteiger partial charge < -0.3 is 9.26 Å². The Balaban J connectivity index is 2.99. The molecule has 0 saturated heterocycles. The van der Waals surface area contributed by atoms with Crippen molar-refractivity contribution < 1.29 is 39.6 Å². The van der Waals surface area contributed by atoms with Crippen LogP contribution in [-0.2, 0) is 23.4 Å². The highest BCUT2D eigenvalue weighted by Gasteiger charge is 2.34. The molecule has 0 fully saturated rings. The average molecular weight is 376 g/mol. The van der Waals surface area contributed by atoms with E-state index in [1.54, 1.807) is 13.8 Å². The molecular weight excluding hydrogens is 360 g/mol. The van der Waals surface area contributed by atoms with E-state index in [2.05, 4.69) is 8.92 Å². The molecule has 132 valence electrons. The third-order valence-electron chi connectivity index (χ3n) is 2.22. The molecule has 0 aromatic heterocycles. The zero-order chi connectivity index (χ0) is 17.9. The van der Waals surface area contributed by atoms with Crippen molar-refractivity contribution in [3.05, 3.63) is 24.3 Å². The third-order valence-corrected chi connectivity index (χ3v) is 5.16. The van der Waals surface area contributed by atoms with Crippen LogP contribution >= 0.6 is 7.37 Å². The topological polar surface area (TPSA) is 78.9 Å². The summed E-state index contributed by atoms with van der Waals surface area (Å²) in [6, 6.07) is 4.10. The first kappa shape index (κ1) is 20.0. The highest BCUT2D eigenvalue weighted by atomic mass is 32.2. The van der Waals surface area contributed by atoms with Crippen LogP contribution in [-0.4, -0.2) is 33.9 Å². The smallest absolute Gasteiger partial charge is 0.404 e. The average Bonchev–Trinajstić information content (AvgIpc) is 2.34. The number of hydrogen-bond acceptors (Lipinski definition) is 6. The molecule has 0 aliphatic rings. The summed E-state index contributed by atoms with van der Waals surface area (Å²) in [5, 5.41) is 0. The lowest BCUT2D eigenvalue weighted by molar-refractivity contribution is -0.275. The van der Waals surface area contributed by atoms with Gasteiger partial charge >= 0.3 is 16.5 Å². The molecule has 0 heterocycles. The van der Waals surface area contributed by atoms with E-state index >= 15 is 0 Å². The van der Waals surface area contributed by atoms with Gasteiger partial charge in [-0.15, -0.1) is 13.2 Å². The van der Waals surface area contributed by atoms with Gasteiger partial charge in [-0.1, -0.05) is 12.1 Å². The van der Waals surface area contributed by atoms with E-state index in [1.165, 1.54) is 18.8 Å². The molecule has 1 atom stereocenters. The van der Waals surface area contributed by atoms with Crippen molar-refractivity contribution >= 4 is 17.5 Å². The fourth-order valence-electron chi connectivity index (χ4n) is 1.57. The Kier molecular flexibility index (Phi) is 6.25. The number of rotatable bonds is 7. The van der Waals surface area contributed by atoms with Crippen LogP contribution < -0.4 is 4.74 Å². The van der Waals surface area contributed by atoms with Crippen LogP contribution in [0.25, 0.3) is 0 Å². The van der Waals surface area contributed by atoms with Crippen molar-refractivity contribution in [3.63, 3.8) is 0 Å². The molecule has 0 radical (unpaired) electrons. The van der Waals surface area contributed by atoms with Crippen LogP contribution in [0.2, 0.25) is 0 Å². The maximum atomic E-state index is 12.3. The van der Waals surface area contributed by atoms with E-state index in [0.29, 0.717) is 0 Å². The van der Waals surface area contributed by atoms with Crippen LogP contribution in [0.3, 0.4) is 0 Å². The molecule has 1 aromatic rings. The number of hydrogen-bond donors (Lipinski definition) is 0. The molecule has 11 heteroatoms. The molecule has 0 bridgehead atoms. The summed E-state index contributed by atoms with van der Waals surface area (Å²) in [7, 11) is -8.00. The summed E-state index contributed by atoms with van der Waals surface area (Å²) in [6.07, 6.45) is -6.29. The summed E-state index contributed by atoms with van der Waals surface area (Å²) >= 11 is 0. The Morgan fingerprint density at radius 2 is 1.78 bits per heavy atom. The molecule has 0 amide bonds. The zero-order valence-electron chi connectivity index (χ0n) is 12.5. The molecule has 23 heavy (non-hydrogen) atoms. The number of halogens is 3. The number of ether oxygens (including phenoxy) is 1. The van der Waals surface area contributed by atoms with E-state index in [9.17, 15) is 26.2 Å². The molecule has 0 aliphatic carbocycles. The first-order valence-corrected chi connectivity index (χ1v) is 9.98. The first-order chi connectivity index (χ1) is 10.3. The lowest BCUT2D eigenvalue weighted by Crippen LogP contribution is -2.19. The quantitative estimate of drug-likeness (QED) is 0.535. The molecule has 0 N–H and O–H groups in total. The second-order valence-corrected chi connectivity index (χ2v) is 8.94.